The van der Waals surface area contributed by atoms with Crippen molar-refractivity contribution in [1.82, 2.24) is 9.45 Å². The Bertz CT molecular complexity index is 1140. The average Bonchev–Trinajstić information content (AvgIpc) is 3.22. The van der Waals surface area contributed by atoms with Crippen molar-refractivity contribution >= 4 is 39.6 Å². The summed E-state index contributed by atoms with van der Waals surface area (Å²) in [6, 6.07) is 16.1. The zero-order valence-corrected chi connectivity index (χ0v) is 17.1. The number of nitrogens with one attached hydrogen (secondary N) is 2. The number of nitrogens with zero attached hydrogens (tertiary/aromatic N) is 1. The maximum atomic E-state index is 12.8. The van der Waals surface area contributed by atoms with Gasteiger partial charge < -0.3 is 4.72 Å². The number of benzene rings is 2. The predicted octanol–water partition coefficient (Wildman–Crippen LogP) is 3.60. The second kappa shape index (κ2) is 8.99. The molecule has 3 aromatic rings. The van der Waals surface area contributed by atoms with Gasteiger partial charge in [0.15, 0.2) is 0 Å². The molecule has 150 valence electrons. The van der Waals surface area contributed by atoms with Gasteiger partial charge in [-0.3, -0.25) is 10.0 Å². The lowest BCUT2D eigenvalue weighted by Crippen LogP contribution is -2.14. The van der Waals surface area contributed by atoms with Crippen LogP contribution in [0.5, 0.6) is 0 Å². The number of anilines is 1. The van der Waals surface area contributed by atoms with E-state index in [2.05, 4.69) is 4.72 Å². The summed E-state index contributed by atoms with van der Waals surface area (Å²) in [6.07, 6.45) is 7.23. The molecule has 0 spiro atoms. The summed E-state index contributed by atoms with van der Waals surface area (Å²) >= 11 is 1.50. The van der Waals surface area contributed by atoms with Crippen LogP contribution in [0.25, 0.3) is 17.2 Å². The van der Waals surface area contributed by atoms with Crippen molar-refractivity contribution in [1.29, 1.82) is 0 Å². The number of hydroxylamine groups is 1. The predicted molar refractivity (Wildman–Crippen MR) is 115 cm³/mol. The normalized spacial score (nSPS) is 11.5. The van der Waals surface area contributed by atoms with Gasteiger partial charge in [-0.15, -0.1) is 0 Å². The SMILES string of the molecule is CSNc1cccc(-c2ccc(S(=O)(=O)n3ccc(/C=C/C(=O)NO)c3)cc2)c1. The van der Waals surface area contributed by atoms with Crippen molar-refractivity contribution in [2.75, 3.05) is 11.0 Å². The van der Waals surface area contributed by atoms with Crippen LogP contribution in [0.3, 0.4) is 0 Å². The summed E-state index contributed by atoms with van der Waals surface area (Å²) in [7, 11) is -3.76. The molecule has 0 fully saturated rings. The molecule has 0 saturated carbocycles. The fourth-order valence-electron chi connectivity index (χ4n) is 2.67. The number of carbonyl (C=O) groups excluding carboxylic acids is 1. The van der Waals surface area contributed by atoms with Gasteiger partial charge in [-0.05, 0) is 53.1 Å². The smallest absolute Gasteiger partial charge is 0.267 e. The number of amides is 1. The summed E-state index contributed by atoms with van der Waals surface area (Å²) in [4.78, 5) is 11.2. The first-order valence-corrected chi connectivity index (χ1v) is 11.2. The van der Waals surface area contributed by atoms with Crippen molar-refractivity contribution in [2.24, 2.45) is 0 Å². The molecule has 2 aromatic carbocycles. The molecular weight excluding hydrogens is 410 g/mol. The third-order valence-corrected chi connectivity index (χ3v) is 6.16. The number of hydrogen-bond acceptors (Lipinski definition) is 6. The van der Waals surface area contributed by atoms with Crippen LogP contribution in [0.2, 0.25) is 0 Å². The number of carbonyl (C=O) groups is 1. The molecule has 0 saturated heterocycles. The molecule has 1 heterocycles. The highest BCUT2D eigenvalue weighted by molar-refractivity contribution is 7.99. The van der Waals surface area contributed by atoms with E-state index in [0.29, 0.717) is 5.56 Å². The summed E-state index contributed by atoms with van der Waals surface area (Å²) in [6.45, 7) is 0. The molecular formula is C20H19N3O4S2. The molecule has 1 amide bonds. The Morgan fingerprint density at radius 2 is 1.86 bits per heavy atom. The van der Waals surface area contributed by atoms with Gasteiger partial charge in [0, 0.05) is 30.4 Å². The van der Waals surface area contributed by atoms with E-state index < -0.39 is 15.9 Å². The summed E-state index contributed by atoms with van der Waals surface area (Å²) in [5.74, 6) is -0.701. The summed E-state index contributed by atoms with van der Waals surface area (Å²) in [5.41, 5.74) is 4.82. The third-order valence-electron chi connectivity index (χ3n) is 4.07. The molecule has 29 heavy (non-hydrogen) atoms. The van der Waals surface area contributed by atoms with E-state index in [4.69, 9.17) is 5.21 Å². The van der Waals surface area contributed by atoms with Crippen LogP contribution < -0.4 is 10.2 Å². The molecule has 3 N–H and O–H groups in total. The van der Waals surface area contributed by atoms with Crippen LogP contribution in [0.4, 0.5) is 5.69 Å². The zero-order chi connectivity index (χ0) is 20.9. The van der Waals surface area contributed by atoms with Crippen LogP contribution in [-0.2, 0) is 14.8 Å². The zero-order valence-electron chi connectivity index (χ0n) is 15.4. The maximum Gasteiger partial charge on any atom is 0.267 e. The standard InChI is InChI=1S/C20H19N3O4S2/c1-28-22-18-4-2-3-17(13-18)16-6-8-19(9-7-16)29(26,27)23-12-11-15(14-23)5-10-20(24)21-25/h2-14,22,25H,1H3,(H,21,24)/b10-5+. The highest BCUT2D eigenvalue weighted by atomic mass is 32.2. The Balaban J connectivity index is 1.84. The van der Waals surface area contributed by atoms with E-state index in [1.807, 2.05) is 30.5 Å². The van der Waals surface area contributed by atoms with E-state index in [9.17, 15) is 13.2 Å². The van der Waals surface area contributed by atoms with Crippen LogP contribution in [0, 0.1) is 0 Å². The van der Waals surface area contributed by atoms with Gasteiger partial charge >= 0.3 is 0 Å². The Labute approximate surface area is 173 Å². The van der Waals surface area contributed by atoms with Gasteiger partial charge in [0.05, 0.1) is 4.90 Å². The van der Waals surface area contributed by atoms with Gasteiger partial charge in [0.2, 0.25) is 0 Å². The van der Waals surface area contributed by atoms with E-state index >= 15 is 0 Å². The highest BCUT2D eigenvalue weighted by Gasteiger charge is 2.16. The second-order valence-electron chi connectivity index (χ2n) is 6.00. The monoisotopic (exact) mass is 429 g/mol. The molecule has 0 bridgehead atoms. The first-order valence-electron chi connectivity index (χ1n) is 8.49. The highest BCUT2D eigenvalue weighted by Crippen LogP contribution is 2.25. The van der Waals surface area contributed by atoms with Crippen LogP contribution in [-0.4, -0.2) is 29.8 Å². The van der Waals surface area contributed by atoms with E-state index in [0.717, 1.165) is 26.9 Å². The fourth-order valence-corrected chi connectivity index (χ4v) is 4.24. The number of aromatic nitrogens is 1. The van der Waals surface area contributed by atoms with Gasteiger partial charge in [-0.25, -0.2) is 17.9 Å². The number of hydrogen-bond donors (Lipinski definition) is 3. The molecule has 0 radical (unpaired) electrons. The number of rotatable bonds is 7. The molecule has 0 aliphatic heterocycles. The molecule has 1 aromatic heterocycles. The van der Waals surface area contributed by atoms with Crippen LogP contribution in [0.1, 0.15) is 5.56 Å². The first-order chi connectivity index (χ1) is 13.9. The largest absolute Gasteiger partial charge is 0.330 e. The molecule has 0 aliphatic carbocycles. The quantitative estimate of drug-likeness (QED) is 0.230. The van der Waals surface area contributed by atoms with Crippen molar-refractivity contribution in [3.63, 3.8) is 0 Å². The fraction of sp³-hybridized carbons (Fsp3) is 0.0500. The summed E-state index contributed by atoms with van der Waals surface area (Å²) in [5, 5.41) is 8.49. The topological polar surface area (TPSA) is 100 Å². The van der Waals surface area contributed by atoms with E-state index in [1.54, 1.807) is 30.3 Å². The lowest BCUT2D eigenvalue weighted by atomic mass is 10.1. The Hall–Kier alpha value is -3.01. The van der Waals surface area contributed by atoms with E-state index in [1.165, 1.54) is 35.9 Å². The third kappa shape index (κ3) is 4.89. The maximum absolute atomic E-state index is 12.8. The van der Waals surface area contributed by atoms with Crippen LogP contribution in [0.15, 0.2) is 78.0 Å². The summed E-state index contributed by atoms with van der Waals surface area (Å²) < 4.78 is 29.9. The first kappa shape index (κ1) is 20.7. The lowest BCUT2D eigenvalue weighted by Gasteiger charge is -2.09. The van der Waals surface area contributed by atoms with Crippen molar-refractivity contribution in [3.8, 4) is 11.1 Å². The van der Waals surface area contributed by atoms with Gasteiger partial charge in [-0.2, -0.15) is 0 Å². The minimum Gasteiger partial charge on any atom is -0.330 e. The molecule has 3 rings (SSSR count). The molecule has 0 unspecified atom stereocenters. The minimum absolute atomic E-state index is 0.152. The molecule has 0 aliphatic rings. The van der Waals surface area contributed by atoms with Crippen LogP contribution >= 0.6 is 11.9 Å². The van der Waals surface area contributed by atoms with Gasteiger partial charge in [0.1, 0.15) is 0 Å². The Kier molecular flexibility index (Phi) is 6.42. The Morgan fingerprint density at radius 3 is 2.55 bits per heavy atom. The molecule has 0 atom stereocenters. The Morgan fingerprint density at radius 1 is 1.10 bits per heavy atom. The minimum atomic E-state index is -3.76. The molecule has 7 nitrogen and oxygen atoms in total. The van der Waals surface area contributed by atoms with Gasteiger partial charge in [-0.1, -0.05) is 36.2 Å². The van der Waals surface area contributed by atoms with Crippen molar-refractivity contribution in [3.05, 3.63) is 78.6 Å². The van der Waals surface area contributed by atoms with Gasteiger partial charge in [0.25, 0.3) is 15.9 Å². The van der Waals surface area contributed by atoms with Crippen molar-refractivity contribution < 1.29 is 18.4 Å². The second-order valence-corrected chi connectivity index (χ2v) is 8.46. The van der Waals surface area contributed by atoms with Crippen molar-refractivity contribution in [2.45, 2.75) is 4.90 Å². The molecule has 9 heteroatoms. The average molecular weight is 430 g/mol. The van der Waals surface area contributed by atoms with E-state index in [-0.39, 0.29) is 4.90 Å². The lowest BCUT2D eigenvalue weighted by molar-refractivity contribution is -0.124.